The molecule has 9 heteroatoms. The van der Waals surface area contributed by atoms with Gasteiger partial charge >= 0.3 is 0 Å². The highest BCUT2D eigenvalue weighted by Gasteiger charge is 2.16. The highest BCUT2D eigenvalue weighted by Crippen LogP contribution is 2.18. The number of rotatable bonds is 5. The summed E-state index contributed by atoms with van der Waals surface area (Å²) in [5, 5.41) is 19.2. The van der Waals surface area contributed by atoms with Crippen molar-refractivity contribution in [1.29, 1.82) is 0 Å². The molecule has 1 saturated carbocycles. The van der Waals surface area contributed by atoms with E-state index in [1.54, 1.807) is 24.3 Å². The molecule has 0 spiro atoms. The predicted molar refractivity (Wildman–Crippen MR) is 118 cm³/mol. The van der Waals surface area contributed by atoms with Crippen molar-refractivity contribution in [3.8, 4) is 0 Å². The fourth-order valence-corrected chi connectivity index (χ4v) is 3.50. The van der Waals surface area contributed by atoms with Crippen LogP contribution in [0.25, 0.3) is 0 Å². The molecule has 2 amide bonds. The first kappa shape index (κ1) is 21.4. The van der Waals surface area contributed by atoms with Crippen LogP contribution in [-0.2, 0) is 0 Å². The third kappa shape index (κ3) is 5.84. The standard InChI is InChI=1S/C21H22N4O4S/c26-19(22-16-4-2-1-3-5-16)14-6-10-17(11-7-14)23-21(30)24-20(27)15-8-12-18(13-9-15)25(28)29/h6-13,16H,1-5H2,(H,22,26)(H2,23,24,27,30). The van der Waals surface area contributed by atoms with Gasteiger partial charge in [0.25, 0.3) is 17.5 Å². The Balaban J connectivity index is 1.51. The van der Waals surface area contributed by atoms with Crippen LogP contribution in [0.1, 0.15) is 52.8 Å². The first-order valence-electron chi connectivity index (χ1n) is 9.70. The Hall–Kier alpha value is -3.33. The Labute approximate surface area is 179 Å². The SMILES string of the molecule is O=C(NC(=S)Nc1ccc(C(=O)NC2CCCCC2)cc1)c1ccc([N+](=O)[O-])cc1. The number of non-ortho nitro benzene ring substituents is 1. The van der Waals surface area contributed by atoms with E-state index in [0.717, 1.165) is 25.7 Å². The third-order valence-corrected chi connectivity index (χ3v) is 5.12. The van der Waals surface area contributed by atoms with Gasteiger partial charge in [-0.3, -0.25) is 25.0 Å². The molecule has 0 aliphatic heterocycles. The van der Waals surface area contributed by atoms with Gasteiger partial charge in [-0.15, -0.1) is 0 Å². The van der Waals surface area contributed by atoms with Crippen molar-refractivity contribution in [3.05, 3.63) is 69.8 Å². The number of benzene rings is 2. The lowest BCUT2D eigenvalue weighted by atomic mass is 9.95. The molecule has 0 bridgehead atoms. The third-order valence-electron chi connectivity index (χ3n) is 4.91. The van der Waals surface area contributed by atoms with E-state index in [1.807, 2.05) is 0 Å². The van der Waals surface area contributed by atoms with Gasteiger partial charge in [-0.1, -0.05) is 19.3 Å². The van der Waals surface area contributed by atoms with Crippen molar-refractivity contribution in [2.45, 2.75) is 38.1 Å². The van der Waals surface area contributed by atoms with Crippen LogP contribution in [0.15, 0.2) is 48.5 Å². The summed E-state index contributed by atoms with van der Waals surface area (Å²) in [4.78, 5) is 34.7. The quantitative estimate of drug-likeness (QED) is 0.381. The van der Waals surface area contributed by atoms with E-state index in [4.69, 9.17) is 12.2 Å². The molecule has 1 aliphatic carbocycles. The number of anilines is 1. The number of nitro groups is 1. The maximum Gasteiger partial charge on any atom is 0.269 e. The lowest BCUT2D eigenvalue weighted by Crippen LogP contribution is -2.36. The monoisotopic (exact) mass is 426 g/mol. The number of nitro benzene ring substituents is 1. The van der Waals surface area contributed by atoms with Gasteiger partial charge in [-0.25, -0.2) is 0 Å². The van der Waals surface area contributed by atoms with Crippen LogP contribution in [-0.4, -0.2) is 27.9 Å². The van der Waals surface area contributed by atoms with Crippen LogP contribution in [0.3, 0.4) is 0 Å². The van der Waals surface area contributed by atoms with Crippen LogP contribution < -0.4 is 16.0 Å². The molecule has 0 heterocycles. The molecule has 3 rings (SSSR count). The average Bonchev–Trinajstić information content (AvgIpc) is 2.75. The smallest absolute Gasteiger partial charge is 0.269 e. The molecule has 8 nitrogen and oxygen atoms in total. The molecule has 0 atom stereocenters. The average molecular weight is 426 g/mol. The molecule has 2 aromatic rings. The second kappa shape index (κ2) is 9.93. The number of thiocarbonyl (C=S) groups is 1. The topological polar surface area (TPSA) is 113 Å². The molecule has 1 fully saturated rings. The van der Waals surface area contributed by atoms with Gasteiger partial charge in [-0.2, -0.15) is 0 Å². The molecular formula is C21H22N4O4S. The Morgan fingerprint density at radius 1 is 0.900 bits per heavy atom. The summed E-state index contributed by atoms with van der Waals surface area (Å²) in [7, 11) is 0. The molecule has 156 valence electrons. The van der Waals surface area contributed by atoms with Gasteiger partial charge in [0.2, 0.25) is 0 Å². The van der Waals surface area contributed by atoms with E-state index < -0.39 is 10.8 Å². The Bertz CT molecular complexity index is 938. The Kier molecular flexibility index (Phi) is 7.08. The van der Waals surface area contributed by atoms with Gasteiger partial charge in [0.05, 0.1) is 4.92 Å². The normalized spacial score (nSPS) is 13.9. The maximum atomic E-state index is 12.4. The van der Waals surface area contributed by atoms with Crippen molar-refractivity contribution < 1.29 is 14.5 Å². The van der Waals surface area contributed by atoms with Crippen LogP contribution in [0.4, 0.5) is 11.4 Å². The van der Waals surface area contributed by atoms with Crippen molar-refractivity contribution in [1.82, 2.24) is 10.6 Å². The summed E-state index contributed by atoms with van der Waals surface area (Å²) >= 11 is 5.14. The lowest BCUT2D eigenvalue weighted by molar-refractivity contribution is -0.384. The zero-order valence-corrected chi connectivity index (χ0v) is 17.0. The second-order valence-corrected chi connectivity index (χ2v) is 7.51. The van der Waals surface area contributed by atoms with Gasteiger partial charge in [0.15, 0.2) is 5.11 Å². The maximum absolute atomic E-state index is 12.4. The van der Waals surface area contributed by atoms with Crippen LogP contribution in [0.5, 0.6) is 0 Å². The fourth-order valence-electron chi connectivity index (χ4n) is 3.29. The number of carbonyl (C=O) groups excluding carboxylic acids is 2. The van der Waals surface area contributed by atoms with Gasteiger partial charge in [-0.05, 0) is 61.5 Å². The minimum Gasteiger partial charge on any atom is -0.349 e. The fraction of sp³-hybridized carbons (Fsp3) is 0.286. The largest absolute Gasteiger partial charge is 0.349 e. The van der Waals surface area contributed by atoms with E-state index in [-0.39, 0.29) is 28.3 Å². The first-order chi connectivity index (χ1) is 14.4. The number of hydrogen-bond acceptors (Lipinski definition) is 5. The molecule has 30 heavy (non-hydrogen) atoms. The summed E-state index contributed by atoms with van der Waals surface area (Å²) in [6.45, 7) is 0. The van der Waals surface area contributed by atoms with Crippen LogP contribution in [0.2, 0.25) is 0 Å². The number of nitrogens with one attached hydrogen (secondary N) is 3. The van der Waals surface area contributed by atoms with Crippen LogP contribution >= 0.6 is 12.2 Å². The van der Waals surface area contributed by atoms with E-state index in [9.17, 15) is 19.7 Å². The molecule has 2 aromatic carbocycles. The van der Waals surface area contributed by atoms with E-state index in [2.05, 4.69) is 16.0 Å². The first-order valence-corrected chi connectivity index (χ1v) is 10.1. The lowest BCUT2D eigenvalue weighted by Gasteiger charge is -2.22. The van der Waals surface area contributed by atoms with Crippen molar-refractivity contribution in [2.75, 3.05) is 5.32 Å². The number of carbonyl (C=O) groups is 2. The second-order valence-electron chi connectivity index (χ2n) is 7.10. The van der Waals surface area contributed by atoms with Gasteiger partial charge in [0, 0.05) is 35.0 Å². The molecule has 0 unspecified atom stereocenters. The highest BCUT2D eigenvalue weighted by molar-refractivity contribution is 7.80. The highest BCUT2D eigenvalue weighted by atomic mass is 32.1. The summed E-state index contributed by atoms with van der Waals surface area (Å²) in [5.41, 5.74) is 1.34. The number of amides is 2. The van der Waals surface area contributed by atoms with Crippen molar-refractivity contribution in [2.24, 2.45) is 0 Å². The van der Waals surface area contributed by atoms with Crippen molar-refractivity contribution in [3.63, 3.8) is 0 Å². The summed E-state index contributed by atoms with van der Waals surface area (Å²) in [6, 6.07) is 12.3. The van der Waals surface area contributed by atoms with Crippen LogP contribution in [0, 0.1) is 10.1 Å². The molecule has 1 aliphatic rings. The Morgan fingerprint density at radius 3 is 2.07 bits per heavy atom. The van der Waals surface area contributed by atoms with Crippen molar-refractivity contribution >= 4 is 40.5 Å². The van der Waals surface area contributed by atoms with Gasteiger partial charge < -0.3 is 10.6 Å². The molecule has 0 radical (unpaired) electrons. The van der Waals surface area contributed by atoms with Gasteiger partial charge in [0.1, 0.15) is 0 Å². The zero-order valence-electron chi connectivity index (χ0n) is 16.2. The summed E-state index contributed by atoms with van der Waals surface area (Å²) in [6.07, 6.45) is 5.57. The molecular weight excluding hydrogens is 404 g/mol. The Morgan fingerprint density at radius 2 is 1.47 bits per heavy atom. The van der Waals surface area contributed by atoms with E-state index in [0.29, 0.717) is 11.3 Å². The molecule has 0 aromatic heterocycles. The minimum absolute atomic E-state index is 0.0813. The van der Waals surface area contributed by atoms with E-state index >= 15 is 0 Å². The number of nitrogens with zero attached hydrogens (tertiary/aromatic N) is 1. The predicted octanol–water partition coefficient (Wildman–Crippen LogP) is 3.78. The van der Waals surface area contributed by atoms with E-state index in [1.165, 1.54) is 30.7 Å². The number of hydrogen-bond donors (Lipinski definition) is 3. The summed E-state index contributed by atoms with van der Waals surface area (Å²) in [5.74, 6) is -0.576. The molecule has 0 saturated heterocycles. The zero-order chi connectivity index (χ0) is 21.5. The summed E-state index contributed by atoms with van der Waals surface area (Å²) < 4.78 is 0. The minimum atomic E-state index is -0.535. The molecule has 3 N–H and O–H groups in total.